The van der Waals surface area contributed by atoms with Crippen LogP contribution in [0.4, 0.5) is 0 Å². The van der Waals surface area contributed by atoms with Crippen LogP contribution in [0.5, 0.6) is 0 Å². The van der Waals surface area contributed by atoms with E-state index in [9.17, 15) is 0 Å². The van der Waals surface area contributed by atoms with Gasteiger partial charge in [0.25, 0.3) is 0 Å². The number of unbranched alkanes of at least 4 members (excludes halogenated alkanes) is 7. The highest BCUT2D eigenvalue weighted by atomic mass is 15.2. The van der Waals surface area contributed by atoms with Crippen molar-refractivity contribution in [2.45, 2.75) is 91.0 Å². The van der Waals surface area contributed by atoms with Gasteiger partial charge in [-0.25, -0.2) is 0 Å². The van der Waals surface area contributed by atoms with Crippen LogP contribution in [0.15, 0.2) is 0 Å². The van der Waals surface area contributed by atoms with Crippen molar-refractivity contribution in [2.75, 3.05) is 0 Å². The molecule has 0 bridgehead atoms. The van der Waals surface area contributed by atoms with E-state index in [0.29, 0.717) is 6.04 Å². The molecule has 0 amide bonds. The summed E-state index contributed by atoms with van der Waals surface area (Å²) >= 11 is 0. The highest BCUT2D eigenvalue weighted by Crippen LogP contribution is 2.13. The van der Waals surface area contributed by atoms with Crippen molar-refractivity contribution in [3.8, 4) is 0 Å². The number of nitrogens with two attached hydrogens (primary N) is 1. The maximum Gasteiger partial charge on any atom is 0.0213 e. The number of hydrogen-bond acceptors (Lipinski definition) is 2. The first-order chi connectivity index (χ1) is 8.20. The lowest BCUT2D eigenvalue weighted by molar-refractivity contribution is 0.389. The summed E-state index contributed by atoms with van der Waals surface area (Å²) in [5, 5.41) is 0. The van der Waals surface area contributed by atoms with Crippen LogP contribution >= 0.6 is 0 Å². The standard InChI is InChI=1S/C15H34N2/c1-4-5-6-7-8-9-10-11-12-15(17-16)13-14(2)3/h14-15,17H,4-13,16H2,1-3H3. The van der Waals surface area contributed by atoms with Gasteiger partial charge in [-0.05, 0) is 18.8 Å². The molecular formula is C15H34N2. The van der Waals surface area contributed by atoms with Crippen LogP contribution in [0.3, 0.4) is 0 Å². The zero-order valence-corrected chi connectivity index (χ0v) is 12.3. The summed E-state index contributed by atoms with van der Waals surface area (Å²) in [5.41, 5.74) is 2.95. The smallest absolute Gasteiger partial charge is 0.0213 e. The van der Waals surface area contributed by atoms with Gasteiger partial charge in [0, 0.05) is 6.04 Å². The molecule has 1 atom stereocenters. The number of nitrogens with one attached hydrogen (secondary N) is 1. The van der Waals surface area contributed by atoms with Crippen LogP contribution in [0, 0.1) is 5.92 Å². The second kappa shape index (κ2) is 12.4. The van der Waals surface area contributed by atoms with Crippen LogP contribution in [0.2, 0.25) is 0 Å². The summed E-state index contributed by atoms with van der Waals surface area (Å²) in [6.07, 6.45) is 13.6. The van der Waals surface area contributed by atoms with E-state index in [-0.39, 0.29) is 0 Å². The Balaban J connectivity index is 3.25. The highest BCUT2D eigenvalue weighted by molar-refractivity contribution is 4.65. The van der Waals surface area contributed by atoms with Crippen LogP contribution < -0.4 is 11.3 Å². The van der Waals surface area contributed by atoms with E-state index >= 15 is 0 Å². The molecule has 2 heteroatoms. The Morgan fingerprint density at radius 2 is 1.41 bits per heavy atom. The Morgan fingerprint density at radius 1 is 0.882 bits per heavy atom. The second-order valence-corrected chi connectivity index (χ2v) is 5.76. The summed E-state index contributed by atoms with van der Waals surface area (Å²) < 4.78 is 0. The highest BCUT2D eigenvalue weighted by Gasteiger charge is 2.07. The predicted octanol–water partition coefficient (Wildman–Crippen LogP) is 4.40. The first-order valence-corrected chi connectivity index (χ1v) is 7.66. The molecule has 1 unspecified atom stereocenters. The van der Waals surface area contributed by atoms with E-state index in [1.54, 1.807) is 0 Å². The van der Waals surface area contributed by atoms with Crippen molar-refractivity contribution in [3.05, 3.63) is 0 Å². The monoisotopic (exact) mass is 242 g/mol. The van der Waals surface area contributed by atoms with Crippen LogP contribution in [0.25, 0.3) is 0 Å². The molecule has 0 rings (SSSR count). The molecule has 17 heavy (non-hydrogen) atoms. The van der Waals surface area contributed by atoms with Crippen molar-refractivity contribution in [1.29, 1.82) is 0 Å². The predicted molar refractivity (Wildman–Crippen MR) is 77.8 cm³/mol. The lowest BCUT2D eigenvalue weighted by Crippen LogP contribution is -2.36. The van der Waals surface area contributed by atoms with Crippen LogP contribution in [-0.4, -0.2) is 6.04 Å². The fourth-order valence-electron chi connectivity index (χ4n) is 2.36. The van der Waals surface area contributed by atoms with Crippen molar-refractivity contribution in [2.24, 2.45) is 11.8 Å². The number of rotatable bonds is 12. The van der Waals surface area contributed by atoms with Crippen molar-refractivity contribution in [1.82, 2.24) is 5.43 Å². The fourth-order valence-corrected chi connectivity index (χ4v) is 2.36. The van der Waals surface area contributed by atoms with E-state index < -0.39 is 0 Å². The van der Waals surface area contributed by atoms with Gasteiger partial charge in [0.2, 0.25) is 0 Å². The van der Waals surface area contributed by atoms with Gasteiger partial charge in [0.05, 0.1) is 0 Å². The fraction of sp³-hybridized carbons (Fsp3) is 1.00. The number of hydrazine groups is 1. The molecule has 0 aliphatic carbocycles. The maximum atomic E-state index is 5.57. The lowest BCUT2D eigenvalue weighted by Gasteiger charge is -2.17. The second-order valence-electron chi connectivity index (χ2n) is 5.76. The molecular weight excluding hydrogens is 208 g/mol. The zero-order valence-electron chi connectivity index (χ0n) is 12.3. The van der Waals surface area contributed by atoms with Crippen molar-refractivity contribution < 1.29 is 0 Å². The Hall–Kier alpha value is -0.0800. The minimum absolute atomic E-state index is 0.523. The molecule has 0 heterocycles. The van der Waals surface area contributed by atoms with Crippen LogP contribution in [-0.2, 0) is 0 Å². The first kappa shape index (κ1) is 16.9. The Morgan fingerprint density at radius 3 is 1.88 bits per heavy atom. The van der Waals surface area contributed by atoms with Gasteiger partial charge >= 0.3 is 0 Å². The molecule has 0 radical (unpaired) electrons. The van der Waals surface area contributed by atoms with Crippen LogP contribution in [0.1, 0.15) is 85.0 Å². The molecule has 0 aliphatic rings. The quantitative estimate of drug-likeness (QED) is 0.302. The van der Waals surface area contributed by atoms with E-state index in [2.05, 4.69) is 26.2 Å². The van der Waals surface area contributed by atoms with E-state index in [4.69, 9.17) is 5.84 Å². The average Bonchev–Trinajstić information content (AvgIpc) is 2.30. The van der Waals surface area contributed by atoms with E-state index in [0.717, 1.165) is 5.92 Å². The van der Waals surface area contributed by atoms with Gasteiger partial charge in [0.15, 0.2) is 0 Å². The maximum absolute atomic E-state index is 5.57. The SMILES string of the molecule is CCCCCCCCCCC(CC(C)C)NN. The minimum Gasteiger partial charge on any atom is -0.271 e. The zero-order chi connectivity index (χ0) is 12.9. The normalized spacial score (nSPS) is 13.2. The third kappa shape index (κ3) is 12.2. The largest absolute Gasteiger partial charge is 0.271 e. The topological polar surface area (TPSA) is 38.0 Å². The molecule has 0 aromatic heterocycles. The van der Waals surface area contributed by atoms with E-state index in [1.807, 2.05) is 0 Å². The van der Waals surface area contributed by atoms with Crippen molar-refractivity contribution >= 4 is 0 Å². The van der Waals surface area contributed by atoms with Gasteiger partial charge in [-0.2, -0.15) is 0 Å². The van der Waals surface area contributed by atoms with Gasteiger partial charge in [-0.15, -0.1) is 0 Å². The van der Waals surface area contributed by atoms with Gasteiger partial charge in [-0.1, -0.05) is 72.1 Å². The van der Waals surface area contributed by atoms with Gasteiger partial charge in [0.1, 0.15) is 0 Å². The molecule has 0 spiro atoms. The van der Waals surface area contributed by atoms with Gasteiger partial charge < -0.3 is 0 Å². The van der Waals surface area contributed by atoms with E-state index in [1.165, 1.54) is 64.2 Å². The molecule has 0 fully saturated rings. The average molecular weight is 242 g/mol. The summed E-state index contributed by atoms with van der Waals surface area (Å²) in [6.45, 7) is 6.80. The summed E-state index contributed by atoms with van der Waals surface area (Å²) in [6, 6.07) is 0.523. The Labute approximate surface area is 109 Å². The molecule has 104 valence electrons. The minimum atomic E-state index is 0.523. The molecule has 2 nitrogen and oxygen atoms in total. The summed E-state index contributed by atoms with van der Waals surface area (Å²) in [7, 11) is 0. The molecule has 0 saturated heterocycles. The van der Waals surface area contributed by atoms with Gasteiger partial charge in [-0.3, -0.25) is 11.3 Å². The summed E-state index contributed by atoms with van der Waals surface area (Å²) in [5.74, 6) is 6.31. The molecule has 0 aromatic carbocycles. The number of hydrogen-bond donors (Lipinski definition) is 2. The summed E-state index contributed by atoms with van der Waals surface area (Å²) in [4.78, 5) is 0. The molecule has 0 aromatic rings. The van der Waals surface area contributed by atoms with Crippen molar-refractivity contribution in [3.63, 3.8) is 0 Å². The Bertz CT molecular complexity index is 146. The lowest BCUT2D eigenvalue weighted by atomic mass is 9.98. The molecule has 0 aliphatic heterocycles. The third-order valence-corrected chi connectivity index (χ3v) is 3.40. The Kier molecular flexibility index (Phi) is 12.3. The molecule has 3 N–H and O–H groups in total. The molecule has 0 saturated carbocycles. The first-order valence-electron chi connectivity index (χ1n) is 7.66. The third-order valence-electron chi connectivity index (χ3n) is 3.40.